The van der Waals surface area contributed by atoms with E-state index in [0.717, 1.165) is 23.0 Å². The maximum atomic E-state index is 8.84. The van der Waals surface area contributed by atoms with E-state index in [-0.39, 0.29) is 0 Å². The van der Waals surface area contributed by atoms with Crippen molar-refractivity contribution in [2.24, 2.45) is 0 Å². The number of thioether (sulfide) groups is 4. The fourth-order valence-electron chi connectivity index (χ4n) is 2.15. The SMILES string of the molecule is N#CCCSc1cc(-c2cc(SCCC#N)c(SCCC#N)s2)sc1SCCC#N. The Morgan fingerprint density at radius 2 is 0.900 bits per heavy atom. The van der Waals surface area contributed by atoms with Gasteiger partial charge in [-0.15, -0.1) is 69.7 Å². The van der Waals surface area contributed by atoms with Gasteiger partial charge in [-0.2, -0.15) is 21.0 Å². The summed E-state index contributed by atoms with van der Waals surface area (Å²) in [7, 11) is 0. The lowest BCUT2D eigenvalue weighted by Gasteiger charge is -1.99. The van der Waals surface area contributed by atoms with Crippen molar-refractivity contribution in [1.82, 2.24) is 0 Å². The van der Waals surface area contributed by atoms with E-state index in [4.69, 9.17) is 21.0 Å². The van der Waals surface area contributed by atoms with Gasteiger partial charge in [-0.05, 0) is 12.1 Å². The van der Waals surface area contributed by atoms with Crippen LogP contribution in [0.15, 0.2) is 30.3 Å². The van der Waals surface area contributed by atoms with Gasteiger partial charge in [0.15, 0.2) is 0 Å². The molecule has 0 atom stereocenters. The molecular formula is C20H18N4S6. The predicted molar refractivity (Wildman–Crippen MR) is 131 cm³/mol. The maximum Gasteiger partial charge on any atom is 0.0742 e. The first-order valence-corrected chi connectivity index (χ1v) is 14.6. The average molecular weight is 507 g/mol. The topological polar surface area (TPSA) is 95.2 Å². The summed E-state index contributed by atoms with van der Waals surface area (Å²) in [5.74, 6) is 3.04. The minimum Gasteiger partial charge on any atom is -0.198 e. The lowest BCUT2D eigenvalue weighted by molar-refractivity contribution is 1.22. The first-order chi connectivity index (χ1) is 14.7. The van der Waals surface area contributed by atoms with Gasteiger partial charge in [0.25, 0.3) is 0 Å². The second-order valence-electron chi connectivity index (χ2n) is 5.55. The molecule has 0 bridgehead atoms. The van der Waals surface area contributed by atoms with Crippen LogP contribution in [0.1, 0.15) is 25.7 Å². The van der Waals surface area contributed by atoms with Crippen LogP contribution in [0.3, 0.4) is 0 Å². The molecule has 0 saturated heterocycles. The van der Waals surface area contributed by atoms with Crippen LogP contribution < -0.4 is 0 Å². The molecule has 10 heteroatoms. The predicted octanol–water partition coefficient (Wildman–Crippen LogP) is 7.50. The van der Waals surface area contributed by atoms with Crippen molar-refractivity contribution in [3.8, 4) is 34.0 Å². The van der Waals surface area contributed by atoms with Crippen molar-refractivity contribution in [2.75, 3.05) is 23.0 Å². The summed E-state index contributed by atoms with van der Waals surface area (Å²) < 4.78 is 2.41. The smallest absolute Gasteiger partial charge is 0.0742 e. The summed E-state index contributed by atoms with van der Waals surface area (Å²) in [6.07, 6.45) is 2.05. The maximum absolute atomic E-state index is 8.84. The highest BCUT2D eigenvalue weighted by molar-refractivity contribution is 8.04. The molecular weight excluding hydrogens is 489 g/mol. The van der Waals surface area contributed by atoms with Gasteiger partial charge in [-0.1, -0.05) is 0 Å². The number of hydrogen-bond donors (Lipinski definition) is 0. The molecule has 30 heavy (non-hydrogen) atoms. The first kappa shape index (κ1) is 25.0. The van der Waals surface area contributed by atoms with Gasteiger partial charge in [0.2, 0.25) is 0 Å². The molecule has 0 aliphatic rings. The van der Waals surface area contributed by atoms with E-state index in [1.807, 2.05) is 0 Å². The van der Waals surface area contributed by atoms with E-state index in [2.05, 4.69) is 36.4 Å². The first-order valence-electron chi connectivity index (χ1n) is 9.00. The fraction of sp³-hybridized carbons (Fsp3) is 0.400. The standard InChI is InChI=1S/C20H18N4S6/c21-5-1-9-25-17-13-15(29-19(17)27-11-3-7-23)16-14-18(26-10-2-6-22)20(30-16)28-12-4-8-24/h13-14H,1-4,9-12H2. The minimum absolute atomic E-state index is 0.510. The monoisotopic (exact) mass is 506 g/mol. The molecule has 0 saturated carbocycles. The van der Waals surface area contributed by atoms with Gasteiger partial charge >= 0.3 is 0 Å². The van der Waals surface area contributed by atoms with Crippen LogP contribution in [0.4, 0.5) is 0 Å². The van der Waals surface area contributed by atoms with Gasteiger partial charge in [-0.3, -0.25) is 0 Å². The summed E-state index contributed by atoms with van der Waals surface area (Å²) >= 11 is 10.3. The molecule has 2 aromatic rings. The third-order valence-electron chi connectivity index (χ3n) is 3.41. The Morgan fingerprint density at radius 1 is 0.567 bits per heavy atom. The second-order valence-corrected chi connectivity index (χ2v) is 12.7. The number of thiophene rings is 2. The number of nitrogens with zero attached hydrogens (tertiary/aromatic N) is 4. The summed E-state index contributed by atoms with van der Waals surface area (Å²) in [6.45, 7) is 0. The van der Waals surface area contributed by atoms with Crippen molar-refractivity contribution < 1.29 is 0 Å². The summed E-state index contributed by atoms with van der Waals surface area (Å²) in [5, 5.41) is 35.3. The number of nitriles is 4. The largest absolute Gasteiger partial charge is 0.198 e. The van der Waals surface area contributed by atoms with E-state index >= 15 is 0 Å². The zero-order chi connectivity index (χ0) is 21.6. The van der Waals surface area contributed by atoms with Gasteiger partial charge < -0.3 is 0 Å². The van der Waals surface area contributed by atoms with E-state index in [1.165, 1.54) is 28.0 Å². The molecule has 154 valence electrons. The Labute approximate surface area is 202 Å². The lowest BCUT2D eigenvalue weighted by atomic mass is 10.4. The highest BCUT2D eigenvalue weighted by atomic mass is 32.2. The van der Waals surface area contributed by atoms with Crippen molar-refractivity contribution >= 4 is 69.7 Å². The van der Waals surface area contributed by atoms with E-state index in [1.54, 1.807) is 69.7 Å². The Kier molecular flexibility index (Phi) is 12.3. The molecule has 0 unspecified atom stereocenters. The molecule has 0 amide bonds. The lowest BCUT2D eigenvalue weighted by Crippen LogP contribution is -1.78. The fourth-order valence-corrected chi connectivity index (χ4v) is 9.39. The normalized spacial score (nSPS) is 10.1. The van der Waals surface area contributed by atoms with Crippen molar-refractivity contribution in [3.63, 3.8) is 0 Å². The van der Waals surface area contributed by atoms with Gasteiger partial charge in [0.05, 0.1) is 32.7 Å². The Hall–Kier alpha value is -1.24. The quantitative estimate of drug-likeness (QED) is 0.203. The summed E-state index contributed by atoms with van der Waals surface area (Å²) in [6, 6.07) is 13.2. The zero-order valence-electron chi connectivity index (χ0n) is 16.0. The Balaban J connectivity index is 2.26. The molecule has 0 spiro atoms. The third kappa shape index (κ3) is 8.12. The van der Waals surface area contributed by atoms with Crippen LogP contribution in [0.2, 0.25) is 0 Å². The van der Waals surface area contributed by atoms with Crippen LogP contribution >= 0.6 is 69.7 Å². The Morgan fingerprint density at radius 3 is 1.23 bits per heavy atom. The third-order valence-corrected chi connectivity index (χ3v) is 11.1. The van der Waals surface area contributed by atoms with Gasteiger partial charge in [-0.25, -0.2) is 0 Å². The number of hydrogen-bond acceptors (Lipinski definition) is 10. The Bertz CT molecular complexity index is 828. The van der Waals surface area contributed by atoms with Gasteiger partial charge in [0, 0.05) is 68.2 Å². The molecule has 4 nitrogen and oxygen atoms in total. The molecule has 2 rings (SSSR count). The highest BCUT2D eigenvalue weighted by Crippen LogP contribution is 2.48. The molecule has 0 aliphatic carbocycles. The molecule has 0 radical (unpaired) electrons. The second kappa shape index (κ2) is 14.7. The molecule has 2 aromatic heterocycles. The van der Waals surface area contributed by atoms with E-state index < -0.39 is 0 Å². The summed E-state index contributed by atoms with van der Waals surface area (Å²) in [4.78, 5) is 4.74. The average Bonchev–Trinajstić information content (AvgIpc) is 3.33. The van der Waals surface area contributed by atoms with Gasteiger partial charge in [0.1, 0.15) is 0 Å². The molecule has 0 N–H and O–H groups in total. The van der Waals surface area contributed by atoms with Crippen LogP contribution in [0, 0.1) is 45.3 Å². The van der Waals surface area contributed by atoms with Crippen LogP contribution in [-0.4, -0.2) is 23.0 Å². The molecule has 0 aliphatic heterocycles. The van der Waals surface area contributed by atoms with Crippen LogP contribution in [-0.2, 0) is 0 Å². The molecule has 0 fully saturated rings. The van der Waals surface area contributed by atoms with Crippen LogP contribution in [0.5, 0.6) is 0 Å². The molecule has 0 aromatic carbocycles. The number of rotatable bonds is 13. The highest BCUT2D eigenvalue weighted by Gasteiger charge is 2.17. The van der Waals surface area contributed by atoms with Crippen molar-refractivity contribution in [1.29, 1.82) is 21.0 Å². The van der Waals surface area contributed by atoms with E-state index in [0.29, 0.717) is 25.7 Å². The minimum atomic E-state index is 0.510. The van der Waals surface area contributed by atoms with Crippen molar-refractivity contribution in [3.05, 3.63) is 12.1 Å². The molecule has 2 heterocycles. The van der Waals surface area contributed by atoms with Crippen LogP contribution in [0.25, 0.3) is 9.75 Å². The van der Waals surface area contributed by atoms with E-state index in [9.17, 15) is 0 Å². The zero-order valence-corrected chi connectivity index (χ0v) is 20.9. The summed E-state index contributed by atoms with van der Waals surface area (Å²) in [5.41, 5.74) is 0. The van der Waals surface area contributed by atoms with Crippen molar-refractivity contribution in [2.45, 2.75) is 43.9 Å².